The molecule has 0 heterocycles. The Hall–Kier alpha value is -1.55. The van der Waals surface area contributed by atoms with Gasteiger partial charge in [-0.2, -0.15) is 0 Å². The number of carbonyl (C=O) groups is 1. The first-order valence-corrected chi connectivity index (χ1v) is 6.84. The van der Waals surface area contributed by atoms with Crippen molar-refractivity contribution in [2.45, 2.75) is 45.7 Å². The monoisotopic (exact) mass is 264 g/mol. The molecule has 0 aromatic heterocycles. The Morgan fingerprint density at radius 1 is 1.37 bits per heavy atom. The molecule has 0 aliphatic heterocycles. The molecule has 0 aliphatic carbocycles. The maximum absolute atomic E-state index is 11.7. The minimum absolute atomic E-state index is 0.0399. The summed E-state index contributed by atoms with van der Waals surface area (Å²) >= 11 is 0. The van der Waals surface area contributed by atoms with E-state index >= 15 is 0 Å². The van der Waals surface area contributed by atoms with Crippen molar-refractivity contribution in [1.29, 1.82) is 0 Å². The maximum atomic E-state index is 11.7. The molecular weight excluding hydrogens is 240 g/mol. The Balaban J connectivity index is 2.48. The van der Waals surface area contributed by atoms with E-state index < -0.39 is 0 Å². The van der Waals surface area contributed by atoms with E-state index in [1.807, 2.05) is 31.2 Å². The second-order valence-corrected chi connectivity index (χ2v) is 4.73. The lowest BCUT2D eigenvalue weighted by Crippen LogP contribution is -2.37. The van der Waals surface area contributed by atoms with E-state index in [9.17, 15) is 4.79 Å². The number of nitrogens with two attached hydrogens (primary N) is 1. The van der Waals surface area contributed by atoms with Crippen molar-refractivity contribution in [3.05, 3.63) is 29.8 Å². The highest BCUT2D eigenvalue weighted by atomic mass is 16.5. The van der Waals surface area contributed by atoms with Crippen LogP contribution in [-0.4, -0.2) is 18.6 Å². The third-order valence-corrected chi connectivity index (χ3v) is 3.10. The van der Waals surface area contributed by atoms with E-state index in [1.54, 1.807) is 0 Å². The molecule has 0 saturated heterocycles. The van der Waals surface area contributed by atoms with Crippen LogP contribution < -0.4 is 15.8 Å². The van der Waals surface area contributed by atoms with E-state index in [-0.39, 0.29) is 24.6 Å². The molecule has 4 nitrogen and oxygen atoms in total. The van der Waals surface area contributed by atoms with Crippen LogP contribution in [0.1, 0.15) is 45.2 Å². The molecule has 3 N–H and O–H groups in total. The first-order chi connectivity index (χ1) is 9.06. The normalized spacial score (nSPS) is 12.3. The lowest BCUT2D eigenvalue weighted by Gasteiger charge is -2.15. The topological polar surface area (TPSA) is 64.3 Å². The lowest BCUT2D eigenvalue weighted by molar-refractivity contribution is -0.123. The van der Waals surface area contributed by atoms with Gasteiger partial charge in [0.05, 0.1) is 0 Å². The largest absolute Gasteiger partial charge is 0.484 e. The number of amides is 1. The Morgan fingerprint density at radius 2 is 2.05 bits per heavy atom. The van der Waals surface area contributed by atoms with Crippen LogP contribution in [-0.2, 0) is 4.79 Å². The van der Waals surface area contributed by atoms with Crippen LogP contribution in [0.4, 0.5) is 0 Å². The van der Waals surface area contributed by atoms with Crippen molar-refractivity contribution in [2.24, 2.45) is 5.73 Å². The number of hydrogen-bond donors (Lipinski definition) is 2. The van der Waals surface area contributed by atoms with Crippen LogP contribution >= 0.6 is 0 Å². The molecule has 0 spiro atoms. The van der Waals surface area contributed by atoms with Gasteiger partial charge in [-0.05, 0) is 37.5 Å². The first kappa shape index (κ1) is 15.5. The molecule has 0 unspecified atom stereocenters. The van der Waals surface area contributed by atoms with Gasteiger partial charge in [0.1, 0.15) is 5.75 Å². The van der Waals surface area contributed by atoms with E-state index in [0.29, 0.717) is 5.75 Å². The van der Waals surface area contributed by atoms with Crippen LogP contribution in [0.25, 0.3) is 0 Å². The summed E-state index contributed by atoms with van der Waals surface area (Å²) in [6, 6.07) is 7.72. The second kappa shape index (κ2) is 7.79. The molecule has 4 heteroatoms. The highest BCUT2D eigenvalue weighted by molar-refractivity contribution is 5.77. The molecule has 1 aromatic carbocycles. The summed E-state index contributed by atoms with van der Waals surface area (Å²) < 4.78 is 5.48. The highest BCUT2D eigenvalue weighted by Gasteiger charge is 2.09. The van der Waals surface area contributed by atoms with Crippen LogP contribution in [0.3, 0.4) is 0 Å². The molecular formula is C15H24N2O2. The zero-order valence-corrected chi connectivity index (χ0v) is 12.0. The van der Waals surface area contributed by atoms with E-state index in [1.165, 1.54) is 0 Å². The highest BCUT2D eigenvalue weighted by Crippen LogP contribution is 2.17. The summed E-state index contributed by atoms with van der Waals surface area (Å²) in [5, 5.41) is 2.94. The minimum atomic E-state index is -0.0834. The number of ether oxygens (including phenoxy) is 1. The van der Waals surface area contributed by atoms with Gasteiger partial charge in [0.15, 0.2) is 6.61 Å². The van der Waals surface area contributed by atoms with Crippen molar-refractivity contribution in [1.82, 2.24) is 5.32 Å². The summed E-state index contributed by atoms with van der Waals surface area (Å²) in [7, 11) is 0. The summed E-state index contributed by atoms with van der Waals surface area (Å²) in [6.07, 6.45) is 1.87. The van der Waals surface area contributed by atoms with Crippen LogP contribution in [0, 0.1) is 0 Å². The molecule has 0 saturated carbocycles. The van der Waals surface area contributed by atoms with Crippen LogP contribution in [0.5, 0.6) is 5.75 Å². The number of hydrogen-bond acceptors (Lipinski definition) is 3. The fourth-order valence-electron chi connectivity index (χ4n) is 1.80. The van der Waals surface area contributed by atoms with E-state index in [0.717, 1.165) is 18.4 Å². The number of nitrogens with one attached hydrogen (secondary N) is 1. The van der Waals surface area contributed by atoms with Gasteiger partial charge in [0.25, 0.3) is 5.91 Å². The van der Waals surface area contributed by atoms with Gasteiger partial charge >= 0.3 is 0 Å². The van der Waals surface area contributed by atoms with Gasteiger partial charge in [0.2, 0.25) is 0 Å². The fraction of sp³-hybridized carbons (Fsp3) is 0.533. The Bertz CT molecular complexity index is 401. The van der Waals surface area contributed by atoms with Crippen molar-refractivity contribution in [2.75, 3.05) is 6.61 Å². The zero-order valence-electron chi connectivity index (χ0n) is 12.0. The molecule has 1 atom stereocenters. The van der Waals surface area contributed by atoms with Gasteiger partial charge in [-0.15, -0.1) is 0 Å². The predicted octanol–water partition coefficient (Wildman–Crippen LogP) is 2.39. The van der Waals surface area contributed by atoms with Gasteiger partial charge in [-0.3, -0.25) is 4.79 Å². The van der Waals surface area contributed by atoms with E-state index in [4.69, 9.17) is 10.5 Å². The SMILES string of the molecule is CCC(CC)NC(=O)COc1cccc([C@H](C)N)c1. The average molecular weight is 264 g/mol. The van der Waals surface area contributed by atoms with Crippen molar-refractivity contribution in [3.8, 4) is 5.75 Å². The smallest absolute Gasteiger partial charge is 0.258 e. The zero-order chi connectivity index (χ0) is 14.3. The number of benzene rings is 1. The summed E-state index contributed by atoms with van der Waals surface area (Å²) in [5.41, 5.74) is 6.80. The first-order valence-electron chi connectivity index (χ1n) is 6.84. The molecule has 1 amide bonds. The van der Waals surface area contributed by atoms with Crippen molar-refractivity contribution >= 4 is 5.91 Å². The molecule has 0 radical (unpaired) electrons. The van der Waals surface area contributed by atoms with Gasteiger partial charge in [-0.25, -0.2) is 0 Å². The van der Waals surface area contributed by atoms with Crippen molar-refractivity contribution in [3.63, 3.8) is 0 Å². The Labute approximate surface area is 115 Å². The Kier molecular flexibility index (Phi) is 6.36. The standard InChI is InChI=1S/C15H24N2O2/c1-4-13(5-2)17-15(18)10-19-14-8-6-7-12(9-14)11(3)16/h6-9,11,13H,4-5,10,16H2,1-3H3,(H,17,18)/t11-/m0/s1. The quantitative estimate of drug-likeness (QED) is 0.794. The molecule has 1 rings (SSSR count). The molecule has 106 valence electrons. The second-order valence-electron chi connectivity index (χ2n) is 4.73. The fourth-order valence-corrected chi connectivity index (χ4v) is 1.80. The Morgan fingerprint density at radius 3 is 2.63 bits per heavy atom. The van der Waals surface area contributed by atoms with Crippen molar-refractivity contribution < 1.29 is 9.53 Å². The molecule has 1 aromatic rings. The van der Waals surface area contributed by atoms with E-state index in [2.05, 4.69) is 19.2 Å². The molecule has 0 aliphatic rings. The van der Waals surface area contributed by atoms with Crippen LogP contribution in [0.15, 0.2) is 24.3 Å². The number of rotatable bonds is 7. The van der Waals surface area contributed by atoms with Gasteiger partial charge < -0.3 is 15.8 Å². The summed E-state index contributed by atoms with van der Waals surface area (Å²) in [5.74, 6) is 0.592. The van der Waals surface area contributed by atoms with Gasteiger partial charge in [0, 0.05) is 12.1 Å². The summed E-state index contributed by atoms with van der Waals surface area (Å²) in [6.45, 7) is 6.07. The third-order valence-electron chi connectivity index (χ3n) is 3.10. The molecule has 0 bridgehead atoms. The van der Waals surface area contributed by atoms with Gasteiger partial charge in [-0.1, -0.05) is 26.0 Å². The molecule has 0 fully saturated rings. The maximum Gasteiger partial charge on any atom is 0.258 e. The lowest BCUT2D eigenvalue weighted by atomic mass is 10.1. The third kappa shape index (κ3) is 5.30. The van der Waals surface area contributed by atoms with Crippen LogP contribution in [0.2, 0.25) is 0 Å². The molecule has 19 heavy (non-hydrogen) atoms. The minimum Gasteiger partial charge on any atom is -0.484 e. The number of carbonyl (C=O) groups excluding carboxylic acids is 1. The average Bonchev–Trinajstić information content (AvgIpc) is 2.42. The summed E-state index contributed by atoms with van der Waals surface area (Å²) in [4.78, 5) is 11.7. The predicted molar refractivity (Wildman–Crippen MR) is 77.1 cm³/mol.